The van der Waals surface area contributed by atoms with Crippen molar-refractivity contribution in [2.24, 2.45) is 0 Å². The topological polar surface area (TPSA) is 80.7 Å². The van der Waals surface area contributed by atoms with Gasteiger partial charge in [-0.15, -0.1) is 0 Å². The van der Waals surface area contributed by atoms with Crippen molar-refractivity contribution in [1.29, 1.82) is 0 Å². The van der Waals surface area contributed by atoms with E-state index in [1.165, 1.54) is 18.4 Å². The summed E-state index contributed by atoms with van der Waals surface area (Å²) >= 11 is 5.79. The second-order valence-corrected chi connectivity index (χ2v) is 8.07. The normalized spacial score (nSPS) is 22.8. The molecule has 0 spiro atoms. The molecule has 1 N–H and O–H groups in total. The highest BCUT2D eigenvalue weighted by Crippen LogP contribution is 2.30. The maximum absolute atomic E-state index is 11.6. The lowest BCUT2D eigenvalue weighted by molar-refractivity contribution is 0.0686. The van der Waals surface area contributed by atoms with Crippen molar-refractivity contribution in [1.82, 2.24) is 0 Å². The lowest BCUT2D eigenvalue weighted by atomic mass is 9.97. The zero-order valence-electron chi connectivity index (χ0n) is 11.6. The number of carboxylic acids is 1. The molecule has 1 aromatic carbocycles. The molecule has 1 aliphatic rings. The quantitative estimate of drug-likeness (QED) is 0.917. The summed E-state index contributed by atoms with van der Waals surface area (Å²) in [7, 11) is -3.10. The van der Waals surface area contributed by atoms with Crippen LogP contribution in [0.15, 0.2) is 18.2 Å². The van der Waals surface area contributed by atoms with E-state index in [1.807, 2.05) is 0 Å². The van der Waals surface area contributed by atoms with Crippen molar-refractivity contribution in [2.45, 2.75) is 37.0 Å². The van der Waals surface area contributed by atoms with Crippen LogP contribution in [-0.2, 0) is 9.84 Å². The van der Waals surface area contributed by atoms with Crippen molar-refractivity contribution in [3.05, 3.63) is 28.8 Å². The zero-order chi connectivity index (χ0) is 15.6. The summed E-state index contributed by atoms with van der Waals surface area (Å²) in [5.41, 5.74) is -0.0102. The fourth-order valence-electron chi connectivity index (χ4n) is 2.55. The highest BCUT2D eigenvalue weighted by Gasteiger charge is 2.30. The van der Waals surface area contributed by atoms with E-state index in [1.54, 1.807) is 6.07 Å². The van der Waals surface area contributed by atoms with Gasteiger partial charge in [-0.2, -0.15) is 0 Å². The first-order valence-electron chi connectivity index (χ1n) is 6.65. The Morgan fingerprint density at radius 3 is 2.71 bits per heavy atom. The van der Waals surface area contributed by atoms with Gasteiger partial charge < -0.3 is 9.84 Å². The Labute approximate surface area is 128 Å². The van der Waals surface area contributed by atoms with Gasteiger partial charge in [-0.3, -0.25) is 0 Å². The van der Waals surface area contributed by atoms with Crippen LogP contribution in [0.3, 0.4) is 0 Å². The molecule has 5 nitrogen and oxygen atoms in total. The first kappa shape index (κ1) is 16.1. The van der Waals surface area contributed by atoms with Crippen molar-refractivity contribution in [3.63, 3.8) is 0 Å². The number of carboxylic acid groups (broad SMARTS) is 1. The number of carbonyl (C=O) groups is 1. The Bertz CT molecular complexity index is 641. The number of hydrogen-bond acceptors (Lipinski definition) is 4. The molecule has 1 aromatic rings. The second kappa shape index (κ2) is 6.23. The van der Waals surface area contributed by atoms with Crippen molar-refractivity contribution >= 4 is 27.4 Å². The molecule has 0 saturated heterocycles. The predicted octanol–water partition coefficient (Wildman–Crippen LogP) is 2.77. The fraction of sp³-hybridized carbons (Fsp3) is 0.500. The number of benzene rings is 1. The lowest BCUT2D eigenvalue weighted by Gasteiger charge is -2.29. The minimum absolute atomic E-state index is 0.0102. The number of hydrogen-bond donors (Lipinski definition) is 1. The average molecular weight is 333 g/mol. The average Bonchev–Trinajstić information content (AvgIpc) is 2.40. The Hall–Kier alpha value is -1.27. The van der Waals surface area contributed by atoms with Gasteiger partial charge >= 0.3 is 5.97 Å². The Morgan fingerprint density at radius 2 is 2.10 bits per heavy atom. The molecule has 2 rings (SSSR count). The van der Waals surface area contributed by atoms with Gasteiger partial charge in [-0.1, -0.05) is 11.6 Å². The molecule has 21 heavy (non-hydrogen) atoms. The van der Waals surface area contributed by atoms with Gasteiger partial charge in [0.1, 0.15) is 21.2 Å². The van der Waals surface area contributed by atoms with Gasteiger partial charge in [0.2, 0.25) is 0 Å². The van der Waals surface area contributed by atoms with E-state index in [2.05, 4.69) is 0 Å². The van der Waals surface area contributed by atoms with Gasteiger partial charge in [0.05, 0.1) is 11.4 Å². The smallest absolute Gasteiger partial charge is 0.339 e. The standard InChI is InChI=1S/C14H17ClO5S/c1-21(18,19)11-4-2-3-10(8-11)20-13-6-5-9(15)7-12(13)14(16)17/h5-7,10-11H,2-4,8H2,1H3,(H,16,17). The van der Waals surface area contributed by atoms with Crippen LogP contribution < -0.4 is 4.74 Å². The molecule has 2 atom stereocenters. The van der Waals surface area contributed by atoms with Gasteiger partial charge in [-0.05, 0) is 37.5 Å². The molecule has 0 amide bonds. The Morgan fingerprint density at radius 1 is 1.38 bits per heavy atom. The maximum atomic E-state index is 11.6. The number of halogens is 1. The summed E-state index contributed by atoms with van der Waals surface area (Å²) in [6.07, 6.45) is 3.42. The lowest BCUT2D eigenvalue weighted by Crippen LogP contribution is -2.33. The SMILES string of the molecule is CS(=O)(=O)C1CCCC(Oc2ccc(Cl)cc2C(=O)O)C1. The summed E-state index contributed by atoms with van der Waals surface area (Å²) in [5.74, 6) is -0.894. The van der Waals surface area contributed by atoms with Crippen LogP contribution in [-0.4, -0.2) is 37.1 Å². The first-order chi connectivity index (χ1) is 9.77. The van der Waals surface area contributed by atoms with Crippen LogP contribution in [0.2, 0.25) is 5.02 Å². The van der Waals surface area contributed by atoms with E-state index in [-0.39, 0.29) is 17.4 Å². The Balaban J connectivity index is 2.17. The first-order valence-corrected chi connectivity index (χ1v) is 8.99. The monoisotopic (exact) mass is 332 g/mol. The summed E-state index contributed by atoms with van der Waals surface area (Å²) in [5, 5.41) is 9.06. The molecule has 0 bridgehead atoms. The van der Waals surface area contributed by atoms with Gasteiger partial charge in [0, 0.05) is 17.7 Å². The molecule has 0 aromatic heterocycles. The zero-order valence-corrected chi connectivity index (χ0v) is 13.2. The maximum Gasteiger partial charge on any atom is 0.339 e. The van der Waals surface area contributed by atoms with Gasteiger partial charge in [-0.25, -0.2) is 13.2 Å². The van der Waals surface area contributed by atoms with Crippen molar-refractivity contribution in [3.8, 4) is 5.75 Å². The highest BCUT2D eigenvalue weighted by atomic mass is 35.5. The third-order valence-electron chi connectivity index (χ3n) is 3.65. The summed E-state index contributed by atoms with van der Waals surface area (Å²) in [6, 6.07) is 4.39. The Kier molecular flexibility index (Phi) is 4.78. The molecule has 0 heterocycles. The van der Waals surface area contributed by atoms with E-state index in [4.69, 9.17) is 21.4 Å². The molecule has 116 valence electrons. The highest BCUT2D eigenvalue weighted by molar-refractivity contribution is 7.91. The molecule has 2 unspecified atom stereocenters. The second-order valence-electron chi connectivity index (χ2n) is 5.30. The van der Waals surface area contributed by atoms with Gasteiger partial charge in [0.25, 0.3) is 0 Å². The minimum Gasteiger partial charge on any atom is -0.489 e. The minimum atomic E-state index is -3.10. The van der Waals surface area contributed by atoms with Crippen LogP contribution in [0.5, 0.6) is 5.75 Å². The number of sulfone groups is 1. The third kappa shape index (κ3) is 4.11. The molecule has 0 radical (unpaired) electrons. The van der Waals surface area contributed by atoms with E-state index in [0.29, 0.717) is 24.3 Å². The van der Waals surface area contributed by atoms with Gasteiger partial charge in [0.15, 0.2) is 0 Å². The van der Waals surface area contributed by atoms with Crippen molar-refractivity contribution < 1.29 is 23.1 Å². The molecule has 1 aliphatic carbocycles. The van der Waals surface area contributed by atoms with Crippen LogP contribution in [0.1, 0.15) is 36.0 Å². The fourth-order valence-corrected chi connectivity index (χ4v) is 3.88. The summed E-state index contributed by atoms with van der Waals surface area (Å²) in [6.45, 7) is 0. The molecule has 0 aliphatic heterocycles. The van der Waals surface area contributed by atoms with Crippen LogP contribution in [0.4, 0.5) is 0 Å². The van der Waals surface area contributed by atoms with Crippen molar-refractivity contribution in [2.75, 3.05) is 6.26 Å². The molecule has 1 saturated carbocycles. The van der Waals surface area contributed by atoms with Crippen LogP contribution in [0, 0.1) is 0 Å². The number of ether oxygens (including phenoxy) is 1. The number of aromatic carboxylic acids is 1. The van der Waals surface area contributed by atoms with E-state index in [9.17, 15) is 13.2 Å². The third-order valence-corrected chi connectivity index (χ3v) is 5.52. The van der Waals surface area contributed by atoms with Crippen LogP contribution in [0.25, 0.3) is 0 Å². The molecule has 7 heteroatoms. The predicted molar refractivity (Wildman–Crippen MR) is 79.9 cm³/mol. The molecule has 1 fully saturated rings. The van der Waals surface area contributed by atoms with E-state index >= 15 is 0 Å². The molecular weight excluding hydrogens is 316 g/mol. The molecular formula is C14H17ClO5S. The largest absolute Gasteiger partial charge is 0.489 e. The summed E-state index contributed by atoms with van der Waals surface area (Å²) in [4.78, 5) is 11.2. The van der Waals surface area contributed by atoms with E-state index < -0.39 is 21.1 Å². The van der Waals surface area contributed by atoms with Crippen LogP contribution >= 0.6 is 11.6 Å². The summed E-state index contributed by atoms with van der Waals surface area (Å²) < 4.78 is 29.0. The van der Waals surface area contributed by atoms with E-state index in [0.717, 1.165) is 6.42 Å². The number of rotatable bonds is 4.